The first-order valence-corrected chi connectivity index (χ1v) is 6.91. The standard InChI is InChI=1S/C12H13N3O3S/c1-8-6-9(4-5-14-8)15-19(17,18)10-2-3-12(16)11(13)7-10/h2-7,16H,13H2,1H3,(H,14,15). The summed E-state index contributed by atoms with van der Waals surface area (Å²) in [6, 6.07) is 6.88. The number of nitrogens with one attached hydrogen (secondary N) is 1. The summed E-state index contributed by atoms with van der Waals surface area (Å²) < 4.78 is 26.6. The van der Waals surface area contributed by atoms with Gasteiger partial charge in [-0.05, 0) is 37.3 Å². The van der Waals surface area contributed by atoms with Gasteiger partial charge in [-0.3, -0.25) is 9.71 Å². The zero-order valence-electron chi connectivity index (χ0n) is 10.2. The first-order valence-electron chi connectivity index (χ1n) is 5.42. The van der Waals surface area contributed by atoms with Gasteiger partial charge < -0.3 is 10.8 Å². The summed E-state index contributed by atoms with van der Waals surface area (Å²) in [4.78, 5) is 3.96. The molecular weight excluding hydrogens is 266 g/mol. The maximum absolute atomic E-state index is 12.1. The van der Waals surface area contributed by atoms with E-state index in [0.717, 1.165) is 0 Å². The number of nitrogen functional groups attached to an aromatic ring is 1. The molecule has 4 N–H and O–H groups in total. The molecule has 2 aromatic rings. The molecule has 0 atom stereocenters. The number of benzene rings is 1. The molecule has 0 fully saturated rings. The van der Waals surface area contributed by atoms with Crippen molar-refractivity contribution >= 4 is 21.4 Å². The van der Waals surface area contributed by atoms with E-state index in [-0.39, 0.29) is 16.3 Å². The highest BCUT2D eigenvalue weighted by Crippen LogP contribution is 2.24. The van der Waals surface area contributed by atoms with Crippen molar-refractivity contribution in [2.75, 3.05) is 10.5 Å². The van der Waals surface area contributed by atoms with Crippen LogP contribution in [0.4, 0.5) is 11.4 Å². The molecular formula is C12H13N3O3S. The van der Waals surface area contributed by atoms with Gasteiger partial charge in [0, 0.05) is 11.9 Å². The van der Waals surface area contributed by atoms with Crippen molar-refractivity contribution in [1.29, 1.82) is 0 Å². The van der Waals surface area contributed by atoms with E-state index in [4.69, 9.17) is 5.73 Å². The van der Waals surface area contributed by atoms with Gasteiger partial charge in [0.05, 0.1) is 16.3 Å². The molecule has 0 unspecified atom stereocenters. The molecule has 1 aromatic carbocycles. The van der Waals surface area contributed by atoms with Gasteiger partial charge in [-0.1, -0.05) is 0 Å². The molecule has 0 bridgehead atoms. The van der Waals surface area contributed by atoms with Gasteiger partial charge in [0.25, 0.3) is 10.0 Å². The van der Waals surface area contributed by atoms with Gasteiger partial charge in [0.2, 0.25) is 0 Å². The molecule has 19 heavy (non-hydrogen) atoms. The smallest absolute Gasteiger partial charge is 0.261 e. The molecule has 0 spiro atoms. The minimum atomic E-state index is -3.74. The Bertz CT molecular complexity index is 714. The number of aromatic nitrogens is 1. The second kappa shape index (κ2) is 4.77. The molecule has 1 aromatic heterocycles. The first-order chi connectivity index (χ1) is 8.88. The van der Waals surface area contributed by atoms with Crippen LogP contribution in [0.2, 0.25) is 0 Å². The Morgan fingerprint density at radius 2 is 2.00 bits per heavy atom. The number of aromatic hydroxyl groups is 1. The molecule has 6 nitrogen and oxygen atoms in total. The zero-order valence-corrected chi connectivity index (χ0v) is 11.0. The molecule has 0 aliphatic heterocycles. The van der Waals surface area contributed by atoms with Gasteiger partial charge in [-0.15, -0.1) is 0 Å². The second-order valence-electron chi connectivity index (χ2n) is 4.01. The van der Waals surface area contributed by atoms with Crippen molar-refractivity contribution in [2.24, 2.45) is 0 Å². The molecule has 1 heterocycles. The lowest BCUT2D eigenvalue weighted by molar-refractivity contribution is 0.477. The molecule has 0 amide bonds. The van der Waals surface area contributed by atoms with E-state index >= 15 is 0 Å². The summed E-state index contributed by atoms with van der Waals surface area (Å²) in [5.74, 6) is -0.154. The van der Waals surface area contributed by atoms with E-state index in [2.05, 4.69) is 9.71 Å². The van der Waals surface area contributed by atoms with Crippen LogP contribution >= 0.6 is 0 Å². The minimum absolute atomic E-state index is 0.00813. The topological polar surface area (TPSA) is 105 Å². The minimum Gasteiger partial charge on any atom is -0.506 e. The normalized spacial score (nSPS) is 11.2. The van der Waals surface area contributed by atoms with E-state index in [9.17, 15) is 13.5 Å². The average Bonchev–Trinajstić information content (AvgIpc) is 2.32. The average molecular weight is 279 g/mol. The van der Waals surface area contributed by atoms with Crippen molar-refractivity contribution < 1.29 is 13.5 Å². The molecule has 0 radical (unpaired) electrons. The van der Waals surface area contributed by atoms with Crippen LogP contribution in [0.5, 0.6) is 5.75 Å². The Hall–Kier alpha value is -2.28. The fourth-order valence-corrected chi connectivity index (χ4v) is 2.61. The quantitative estimate of drug-likeness (QED) is 0.583. The van der Waals surface area contributed by atoms with Crippen molar-refractivity contribution in [3.8, 4) is 5.75 Å². The van der Waals surface area contributed by atoms with Crippen LogP contribution in [-0.4, -0.2) is 18.5 Å². The van der Waals surface area contributed by atoms with Gasteiger partial charge >= 0.3 is 0 Å². The van der Waals surface area contributed by atoms with Crippen LogP contribution in [-0.2, 0) is 10.0 Å². The highest BCUT2D eigenvalue weighted by molar-refractivity contribution is 7.92. The van der Waals surface area contributed by atoms with Crippen molar-refractivity contribution in [3.63, 3.8) is 0 Å². The highest BCUT2D eigenvalue weighted by Gasteiger charge is 2.15. The van der Waals surface area contributed by atoms with Gasteiger partial charge in [0.15, 0.2) is 0 Å². The van der Waals surface area contributed by atoms with E-state index in [0.29, 0.717) is 11.4 Å². The number of hydrogen-bond donors (Lipinski definition) is 3. The molecule has 2 rings (SSSR count). The molecule has 0 aliphatic rings. The molecule has 7 heteroatoms. The zero-order chi connectivity index (χ0) is 14.0. The number of phenolic OH excluding ortho intramolecular Hbond substituents is 1. The summed E-state index contributed by atoms with van der Waals surface area (Å²) in [6.45, 7) is 1.76. The third kappa shape index (κ3) is 2.94. The van der Waals surface area contributed by atoms with E-state index in [1.54, 1.807) is 19.1 Å². The van der Waals surface area contributed by atoms with Gasteiger partial charge in [0.1, 0.15) is 5.75 Å². The monoisotopic (exact) mass is 279 g/mol. The molecule has 0 saturated heterocycles. The fraction of sp³-hybridized carbons (Fsp3) is 0.0833. The molecule has 0 saturated carbocycles. The van der Waals surface area contributed by atoms with E-state index < -0.39 is 10.0 Å². The number of pyridine rings is 1. The van der Waals surface area contributed by atoms with Gasteiger partial charge in [-0.2, -0.15) is 0 Å². The molecule has 0 aliphatic carbocycles. The van der Waals surface area contributed by atoms with Crippen LogP contribution in [0.1, 0.15) is 5.69 Å². The van der Waals surface area contributed by atoms with E-state index in [1.807, 2.05) is 0 Å². The Kier molecular flexibility index (Phi) is 3.30. The first kappa shape index (κ1) is 13.2. The van der Waals surface area contributed by atoms with Crippen LogP contribution in [0.15, 0.2) is 41.4 Å². The largest absolute Gasteiger partial charge is 0.506 e. The number of aryl methyl sites for hydroxylation is 1. The highest BCUT2D eigenvalue weighted by atomic mass is 32.2. The lowest BCUT2D eigenvalue weighted by Crippen LogP contribution is -2.13. The number of nitrogens with zero attached hydrogens (tertiary/aromatic N) is 1. The summed E-state index contributed by atoms with van der Waals surface area (Å²) >= 11 is 0. The number of anilines is 2. The van der Waals surface area contributed by atoms with E-state index in [1.165, 1.54) is 24.4 Å². The number of sulfonamides is 1. The Morgan fingerprint density at radius 1 is 1.26 bits per heavy atom. The number of phenols is 1. The predicted octanol–water partition coefficient (Wildman–Crippen LogP) is 1.48. The maximum Gasteiger partial charge on any atom is 0.261 e. The van der Waals surface area contributed by atoms with Crippen molar-refractivity contribution in [2.45, 2.75) is 11.8 Å². The Morgan fingerprint density at radius 3 is 2.63 bits per heavy atom. The van der Waals surface area contributed by atoms with Crippen molar-refractivity contribution in [1.82, 2.24) is 4.98 Å². The Labute approximate surface area is 111 Å². The second-order valence-corrected chi connectivity index (χ2v) is 5.69. The summed E-state index contributed by atoms with van der Waals surface area (Å²) in [6.07, 6.45) is 1.51. The predicted molar refractivity (Wildman–Crippen MR) is 72.3 cm³/mol. The number of hydrogen-bond acceptors (Lipinski definition) is 5. The van der Waals surface area contributed by atoms with Crippen molar-refractivity contribution in [3.05, 3.63) is 42.2 Å². The number of nitrogens with two attached hydrogens (primary N) is 1. The SMILES string of the molecule is Cc1cc(NS(=O)(=O)c2ccc(O)c(N)c2)ccn1. The lowest BCUT2D eigenvalue weighted by atomic mass is 10.3. The van der Waals surface area contributed by atoms with Crippen LogP contribution in [0.25, 0.3) is 0 Å². The maximum atomic E-state index is 12.1. The van der Waals surface area contributed by atoms with Crippen LogP contribution in [0.3, 0.4) is 0 Å². The summed E-state index contributed by atoms with van der Waals surface area (Å²) in [7, 11) is -3.74. The molecule has 100 valence electrons. The summed E-state index contributed by atoms with van der Waals surface area (Å²) in [5.41, 5.74) is 6.61. The van der Waals surface area contributed by atoms with Crippen LogP contribution in [0, 0.1) is 6.92 Å². The number of rotatable bonds is 3. The third-order valence-corrected chi connectivity index (χ3v) is 3.84. The fourth-order valence-electron chi connectivity index (χ4n) is 1.52. The van der Waals surface area contributed by atoms with Gasteiger partial charge in [-0.25, -0.2) is 8.42 Å². The third-order valence-electron chi connectivity index (χ3n) is 2.46. The Balaban J connectivity index is 2.35. The lowest BCUT2D eigenvalue weighted by Gasteiger charge is -2.09. The summed E-state index contributed by atoms with van der Waals surface area (Å²) in [5, 5.41) is 9.29. The van der Waals surface area contributed by atoms with Crippen LogP contribution < -0.4 is 10.5 Å².